The second-order valence-corrected chi connectivity index (χ2v) is 8.90. The molecule has 1 aromatic rings. The first kappa shape index (κ1) is 24.0. The van der Waals surface area contributed by atoms with Crippen LogP contribution < -0.4 is 0 Å². The molecule has 1 aromatic carbocycles. The Bertz CT molecular complexity index is 462. The summed E-state index contributed by atoms with van der Waals surface area (Å²) >= 11 is 0. The van der Waals surface area contributed by atoms with E-state index in [9.17, 15) is 0 Å². The van der Waals surface area contributed by atoms with E-state index >= 15 is 0 Å². The minimum Gasteiger partial charge on any atom is -0.319 e. The molecule has 0 saturated carbocycles. The molecule has 0 bridgehead atoms. The zero-order chi connectivity index (χ0) is 19.8. The van der Waals surface area contributed by atoms with Gasteiger partial charge in [0.1, 0.15) is 12.6 Å². The Morgan fingerprint density at radius 1 is 0.778 bits per heavy atom. The first-order valence-electron chi connectivity index (χ1n) is 11.6. The fraction of sp³-hybridized carbons (Fsp3) is 0.692. The maximum Gasteiger partial charge on any atom is 0.107 e. The van der Waals surface area contributed by atoms with Crippen molar-refractivity contribution in [3.05, 3.63) is 48.6 Å². The third kappa shape index (κ3) is 11.4. The molecule has 0 fully saturated rings. The number of nitrogens with zero attached hydrogens (tertiary/aromatic N) is 1. The van der Waals surface area contributed by atoms with E-state index in [0.29, 0.717) is 6.04 Å². The average Bonchev–Trinajstić information content (AvgIpc) is 2.66. The summed E-state index contributed by atoms with van der Waals surface area (Å²) in [5, 5.41) is 0. The Morgan fingerprint density at radius 3 is 1.74 bits per heavy atom. The minimum atomic E-state index is 0.549. The maximum atomic E-state index is 4.13. The van der Waals surface area contributed by atoms with Gasteiger partial charge in [0.25, 0.3) is 0 Å². The van der Waals surface area contributed by atoms with E-state index in [1.165, 1.54) is 89.0 Å². The zero-order valence-electron chi connectivity index (χ0n) is 18.6. The van der Waals surface area contributed by atoms with Gasteiger partial charge in [-0.3, -0.25) is 0 Å². The van der Waals surface area contributed by atoms with Crippen LogP contribution in [0.25, 0.3) is 0 Å². The van der Waals surface area contributed by atoms with Crippen LogP contribution in [0.1, 0.15) is 96.0 Å². The third-order valence-corrected chi connectivity index (χ3v) is 5.96. The molecule has 154 valence electrons. The van der Waals surface area contributed by atoms with Crippen LogP contribution in [-0.2, 0) is 6.54 Å². The molecule has 1 atom stereocenters. The van der Waals surface area contributed by atoms with Gasteiger partial charge in [-0.1, -0.05) is 114 Å². The van der Waals surface area contributed by atoms with Crippen LogP contribution in [0, 0.1) is 0 Å². The van der Waals surface area contributed by atoms with Crippen molar-refractivity contribution in [1.82, 2.24) is 0 Å². The highest BCUT2D eigenvalue weighted by Gasteiger charge is 2.25. The summed E-state index contributed by atoms with van der Waals surface area (Å²) in [5.74, 6) is 0. The lowest BCUT2D eigenvalue weighted by molar-refractivity contribution is -0.921. The SMILES string of the molecule is C=CC(CCCCCCCCCCCCCC)[N+](C)(C)Cc1ccccc1. The summed E-state index contributed by atoms with van der Waals surface area (Å²) in [6.45, 7) is 7.50. The molecule has 1 rings (SSSR count). The van der Waals surface area contributed by atoms with Gasteiger partial charge < -0.3 is 4.48 Å². The summed E-state index contributed by atoms with van der Waals surface area (Å²) in [6.07, 6.45) is 20.5. The lowest BCUT2D eigenvalue weighted by Gasteiger charge is -2.37. The van der Waals surface area contributed by atoms with Crippen molar-refractivity contribution < 1.29 is 4.48 Å². The van der Waals surface area contributed by atoms with Gasteiger partial charge in [0, 0.05) is 12.0 Å². The Hall–Kier alpha value is -1.08. The summed E-state index contributed by atoms with van der Waals surface area (Å²) in [4.78, 5) is 0. The highest BCUT2D eigenvalue weighted by Crippen LogP contribution is 2.20. The van der Waals surface area contributed by atoms with Gasteiger partial charge in [0.05, 0.1) is 14.1 Å². The first-order valence-corrected chi connectivity index (χ1v) is 11.6. The number of hydrogen-bond donors (Lipinski definition) is 0. The second-order valence-electron chi connectivity index (χ2n) is 8.90. The molecular weight excluding hydrogens is 326 g/mol. The van der Waals surface area contributed by atoms with Gasteiger partial charge >= 0.3 is 0 Å². The number of hydrogen-bond acceptors (Lipinski definition) is 0. The summed E-state index contributed by atoms with van der Waals surface area (Å²) < 4.78 is 1.01. The van der Waals surface area contributed by atoms with Crippen molar-refractivity contribution in [2.45, 2.75) is 103 Å². The smallest absolute Gasteiger partial charge is 0.107 e. The molecule has 1 unspecified atom stereocenters. The van der Waals surface area contributed by atoms with Crippen molar-refractivity contribution in [2.75, 3.05) is 14.1 Å². The van der Waals surface area contributed by atoms with Gasteiger partial charge in [0.2, 0.25) is 0 Å². The van der Waals surface area contributed by atoms with E-state index < -0.39 is 0 Å². The molecule has 0 saturated heterocycles. The lowest BCUT2D eigenvalue weighted by atomic mass is 10.0. The van der Waals surface area contributed by atoms with E-state index in [1.807, 2.05) is 0 Å². The number of quaternary nitrogens is 1. The minimum absolute atomic E-state index is 0.549. The normalized spacial score (nSPS) is 12.9. The van der Waals surface area contributed by atoms with Gasteiger partial charge in [-0.15, -0.1) is 0 Å². The van der Waals surface area contributed by atoms with Crippen molar-refractivity contribution in [3.63, 3.8) is 0 Å². The Labute approximate surface area is 170 Å². The van der Waals surface area contributed by atoms with Gasteiger partial charge in [-0.25, -0.2) is 0 Å². The standard InChI is InChI=1S/C26H46N/c1-5-7-8-9-10-11-12-13-14-15-16-20-23-26(6-2)27(3,4)24-25-21-18-17-19-22-25/h6,17-19,21-22,26H,2,5,7-16,20,23-24H2,1,3-4H3/q+1. The van der Waals surface area contributed by atoms with Crippen LogP contribution >= 0.6 is 0 Å². The van der Waals surface area contributed by atoms with E-state index in [-0.39, 0.29) is 0 Å². The lowest BCUT2D eigenvalue weighted by Crippen LogP contribution is -2.47. The molecular formula is C26H46N+. The fourth-order valence-electron chi connectivity index (χ4n) is 4.12. The van der Waals surface area contributed by atoms with Crippen molar-refractivity contribution >= 4 is 0 Å². The molecule has 0 spiro atoms. The molecule has 1 nitrogen and oxygen atoms in total. The highest BCUT2D eigenvalue weighted by atomic mass is 15.3. The van der Waals surface area contributed by atoms with Crippen LogP contribution in [-0.4, -0.2) is 24.6 Å². The molecule has 0 aromatic heterocycles. The quantitative estimate of drug-likeness (QED) is 0.148. The number of unbranched alkanes of at least 4 members (excludes halogenated alkanes) is 11. The van der Waals surface area contributed by atoms with Crippen LogP contribution in [0.15, 0.2) is 43.0 Å². The van der Waals surface area contributed by atoms with E-state index in [2.05, 4.69) is 64.0 Å². The van der Waals surface area contributed by atoms with Gasteiger partial charge in [-0.05, 0) is 12.5 Å². The van der Waals surface area contributed by atoms with Crippen molar-refractivity contribution in [2.24, 2.45) is 0 Å². The highest BCUT2D eigenvalue weighted by molar-refractivity contribution is 5.13. The Balaban J connectivity index is 2.09. The van der Waals surface area contributed by atoms with Gasteiger partial charge in [0.15, 0.2) is 0 Å². The average molecular weight is 373 g/mol. The molecule has 0 radical (unpaired) electrons. The van der Waals surface area contributed by atoms with Crippen molar-refractivity contribution in [1.29, 1.82) is 0 Å². The van der Waals surface area contributed by atoms with Crippen molar-refractivity contribution in [3.8, 4) is 0 Å². The molecule has 0 aliphatic carbocycles. The van der Waals surface area contributed by atoms with Crippen LogP contribution in [0.2, 0.25) is 0 Å². The molecule has 0 aliphatic rings. The second kappa shape index (κ2) is 14.9. The Morgan fingerprint density at radius 2 is 1.26 bits per heavy atom. The molecule has 1 heteroatoms. The van der Waals surface area contributed by atoms with Crippen LogP contribution in [0.4, 0.5) is 0 Å². The monoisotopic (exact) mass is 372 g/mol. The van der Waals surface area contributed by atoms with E-state index in [0.717, 1.165) is 11.0 Å². The zero-order valence-corrected chi connectivity index (χ0v) is 18.6. The predicted octanol–water partition coefficient (Wildman–Crippen LogP) is 7.91. The maximum absolute atomic E-state index is 4.13. The molecule has 0 N–H and O–H groups in total. The number of rotatable bonds is 17. The molecule has 0 aliphatic heterocycles. The summed E-state index contributed by atoms with van der Waals surface area (Å²) in [5.41, 5.74) is 1.42. The largest absolute Gasteiger partial charge is 0.319 e. The molecule has 0 amide bonds. The molecule has 27 heavy (non-hydrogen) atoms. The van der Waals surface area contributed by atoms with Crippen LogP contribution in [0.3, 0.4) is 0 Å². The number of likely N-dealkylation sites (N-methyl/N-ethyl adjacent to an activating group) is 1. The van der Waals surface area contributed by atoms with Gasteiger partial charge in [-0.2, -0.15) is 0 Å². The van der Waals surface area contributed by atoms with E-state index in [1.54, 1.807) is 0 Å². The number of benzene rings is 1. The summed E-state index contributed by atoms with van der Waals surface area (Å²) in [7, 11) is 4.69. The summed E-state index contributed by atoms with van der Waals surface area (Å²) in [6, 6.07) is 11.4. The Kier molecular flexibility index (Phi) is 13.2. The first-order chi connectivity index (χ1) is 13.1. The molecule has 0 heterocycles. The topological polar surface area (TPSA) is 0 Å². The third-order valence-electron chi connectivity index (χ3n) is 5.96. The van der Waals surface area contributed by atoms with Crippen LogP contribution in [0.5, 0.6) is 0 Å². The predicted molar refractivity (Wildman–Crippen MR) is 122 cm³/mol. The van der Waals surface area contributed by atoms with E-state index in [4.69, 9.17) is 0 Å². The fourth-order valence-corrected chi connectivity index (χ4v) is 4.12.